The smallest absolute Gasteiger partial charge is 0.157 e. The summed E-state index contributed by atoms with van der Waals surface area (Å²) >= 11 is 0. The molecule has 0 spiro atoms. The maximum atomic E-state index is 5.59. The summed E-state index contributed by atoms with van der Waals surface area (Å²) in [5.41, 5.74) is 0. The van der Waals surface area contributed by atoms with E-state index in [0.717, 1.165) is 32.5 Å². The zero-order valence-electron chi connectivity index (χ0n) is 8.46. The van der Waals surface area contributed by atoms with Crippen LogP contribution in [0.25, 0.3) is 0 Å². The highest BCUT2D eigenvalue weighted by atomic mass is 16.7. The van der Waals surface area contributed by atoms with Crippen molar-refractivity contribution in [1.29, 1.82) is 0 Å². The van der Waals surface area contributed by atoms with Crippen LogP contribution in [0.2, 0.25) is 0 Å². The SMILES string of the molecule is [CH2]CCCCCOC1CCCCO1. The molecule has 0 saturated carbocycles. The Hall–Kier alpha value is -0.0800. The Balaban J connectivity index is 1.86. The van der Waals surface area contributed by atoms with Crippen molar-refractivity contribution in [3.8, 4) is 0 Å². The van der Waals surface area contributed by atoms with Gasteiger partial charge >= 0.3 is 0 Å². The topological polar surface area (TPSA) is 18.5 Å². The highest BCUT2D eigenvalue weighted by Gasteiger charge is 2.12. The third-order valence-electron chi connectivity index (χ3n) is 2.34. The van der Waals surface area contributed by atoms with E-state index in [1.54, 1.807) is 0 Å². The minimum Gasteiger partial charge on any atom is -0.353 e. The predicted molar refractivity (Wildman–Crippen MR) is 53.4 cm³/mol. The molecule has 1 unspecified atom stereocenters. The van der Waals surface area contributed by atoms with Crippen LogP contribution in [-0.4, -0.2) is 19.5 Å². The molecule has 1 saturated heterocycles. The molecule has 0 aromatic rings. The first-order chi connectivity index (χ1) is 6.43. The second-order valence-electron chi connectivity index (χ2n) is 3.58. The molecule has 1 heterocycles. The van der Waals surface area contributed by atoms with Crippen LogP contribution in [0.3, 0.4) is 0 Å². The fraction of sp³-hybridized carbons (Fsp3) is 0.909. The van der Waals surface area contributed by atoms with Gasteiger partial charge in [-0.15, -0.1) is 0 Å². The molecule has 0 N–H and O–H groups in total. The van der Waals surface area contributed by atoms with E-state index >= 15 is 0 Å². The van der Waals surface area contributed by atoms with E-state index in [1.807, 2.05) is 0 Å². The third-order valence-corrected chi connectivity index (χ3v) is 2.34. The van der Waals surface area contributed by atoms with Crippen molar-refractivity contribution in [2.75, 3.05) is 13.2 Å². The largest absolute Gasteiger partial charge is 0.353 e. The lowest BCUT2D eigenvalue weighted by molar-refractivity contribution is -0.162. The van der Waals surface area contributed by atoms with Crippen LogP contribution in [-0.2, 0) is 9.47 Å². The molecular weight excluding hydrogens is 164 g/mol. The Morgan fingerprint density at radius 1 is 1.23 bits per heavy atom. The van der Waals surface area contributed by atoms with Crippen LogP contribution in [0.1, 0.15) is 44.9 Å². The first-order valence-electron chi connectivity index (χ1n) is 5.46. The van der Waals surface area contributed by atoms with Gasteiger partial charge in [0.2, 0.25) is 0 Å². The lowest BCUT2D eigenvalue weighted by atomic mass is 10.2. The molecule has 77 valence electrons. The average Bonchev–Trinajstić information content (AvgIpc) is 2.19. The number of ether oxygens (including phenoxy) is 2. The van der Waals surface area contributed by atoms with Gasteiger partial charge in [0.25, 0.3) is 0 Å². The van der Waals surface area contributed by atoms with Crippen molar-refractivity contribution >= 4 is 0 Å². The first kappa shape index (κ1) is 11.0. The van der Waals surface area contributed by atoms with Crippen molar-refractivity contribution < 1.29 is 9.47 Å². The van der Waals surface area contributed by atoms with Crippen molar-refractivity contribution in [2.45, 2.75) is 51.2 Å². The van der Waals surface area contributed by atoms with E-state index in [2.05, 4.69) is 6.92 Å². The molecule has 1 aliphatic heterocycles. The normalized spacial score (nSPS) is 23.3. The molecule has 1 radical (unpaired) electrons. The van der Waals surface area contributed by atoms with Gasteiger partial charge < -0.3 is 9.47 Å². The van der Waals surface area contributed by atoms with Gasteiger partial charge in [0, 0.05) is 13.2 Å². The Bertz CT molecular complexity index is 109. The van der Waals surface area contributed by atoms with Gasteiger partial charge in [-0.3, -0.25) is 0 Å². The van der Waals surface area contributed by atoms with Crippen molar-refractivity contribution in [3.63, 3.8) is 0 Å². The molecule has 0 aromatic heterocycles. The zero-order chi connectivity index (χ0) is 9.36. The second kappa shape index (κ2) is 7.34. The minimum absolute atomic E-state index is 0.0912. The summed E-state index contributed by atoms with van der Waals surface area (Å²) in [6.07, 6.45) is 8.26. The van der Waals surface area contributed by atoms with Gasteiger partial charge in [0.15, 0.2) is 6.29 Å². The molecular formula is C11H21O2. The molecule has 0 bridgehead atoms. The summed E-state index contributed by atoms with van der Waals surface area (Å²) in [6.45, 7) is 5.54. The van der Waals surface area contributed by atoms with Gasteiger partial charge in [0.05, 0.1) is 0 Å². The lowest BCUT2D eigenvalue weighted by Gasteiger charge is -2.22. The lowest BCUT2D eigenvalue weighted by Crippen LogP contribution is -2.22. The van der Waals surface area contributed by atoms with Gasteiger partial charge in [0.1, 0.15) is 0 Å². The molecule has 13 heavy (non-hydrogen) atoms. The molecule has 1 rings (SSSR count). The number of unbranched alkanes of at least 4 members (excludes halogenated alkanes) is 3. The van der Waals surface area contributed by atoms with Gasteiger partial charge in [-0.2, -0.15) is 0 Å². The third kappa shape index (κ3) is 5.27. The fourth-order valence-electron chi connectivity index (χ4n) is 1.51. The van der Waals surface area contributed by atoms with Crippen LogP contribution in [0, 0.1) is 6.92 Å². The Labute approximate surface area is 81.6 Å². The summed E-state index contributed by atoms with van der Waals surface area (Å²) in [6, 6.07) is 0. The quantitative estimate of drug-likeness (QED) is 0.592. The van der Waals surface area contributed by atoms with E-state index < -0.39 is 0 Å². The molecule has 0 aromatic carbocycles. The maximum absolute atomic E-state index is 5.59. The van der Waals surface area contributed by atoms with E-state index in [1.165, 1.54) is 25.7 Å². The van der Waals surface area contributed by atoms with Gasteiger partial charge in [-0.25, -0.2) is 0 Å². The molecule has 0 aliphatic carbocycles. The van der Waals surface area contributed by atoms with Crippen molar-refractivity contribution in [3.05, 3.63) is 6.92 Å². The average molecular weight is 185 g/mol. The molecule has 2 heteroatoms. The van der Waals surface area contributed by atoms with E-state index in [4.69, 9.17) is 9.47 Å². The molecule has 1 atom stereocenters. The number of hydrogen-bond acceptors (Lipinski definition) is 2. The standard InChI is InChI=1S/C11H21O2/c1-2-3-4-6-9-12-11-8-5-7-10-13-11/h11H,1-10H2. The minimum atomic E-state index is 0.0912. The fourth-order valence-corrected chi connectivity index (χ4v) is 1.51. The Morgan fingerprint density at radius 3 is 2.85 bits per heavy atom. The number of hydrogen-bond donors (Lipinski definition) is 0. The second-order valence-corrected chi connectivity index (χ2v) is 3.58. The molecule has 0 amide bonds. The first-order valence-corrected chi connectivity index (χ1v) is 5.46. The summed E-state index contributed by atoms with van der Waals surface area (Å²) < 4.78 is 11.0. The van der Waals surface area contributed by atoms with Crippen LogP contribution in [0.5, 0.6) is 0 Å². The van der Waals surface area contributed by atoms with Crippen LogP contribution in [0.15, 0.2) is 0 Å². The Kier molecular flexibility index (Phi) is 6.21. The van der Waals surface area contributed by atoms with Crippen LogP contribution < -0.4 is 0 Å². The summed E-state index contributed by atoms with van der Waals surface area (Å²) in [4.78, 5) is 0. The Morgan fingerprint density at radius 2 is 2.15 bits per heavy atom. The monoisotopic (exact) mass is 185 g/mol. The summed E-state index contributed by atoms with van der Waals surface area (Å²) in [5.74, 6) is 0. The number of rotatable bonds is 6. The van der Waals surface area contributed by atoms with E-state index in [9.17, 15) is 0 Å². The van der Waals surface area contributed by atoms with Gasteiger partial charge in [-0.1, -0.05) is 26.2 Å². The van der Waals surface area contributed by atoms with Gasteiger partial charge in [-0.05, 0) is 25.7 Å². The highest BCUT2D eigenvalue weighted by Crippen LogP contribution is 2.14. The van der Waals surface area contributed by atoms with Crippen LogP contribution in [0.4, 0.5) is 0 Å². The molecule has 1 aliphatic rings. The molecule has 1 fully saturated rings. The maximum Gasteiger partial charge on any atom is 0.157 e. The zero-order valence-corrected chi connectivity index (χ0v) is 8.46. The van der Waals surface area contributed by atoms with Crippen LogP contribution >= 0.6 is 0 Å². The van der Waals surface area contributed by atoms with E-state index in [0.29, 0.717) is 0 Å². The highest BCUT2D eigenvalue weighted by molar-refractivity contribution is 4.54. The summed E-state index contributed by atoms with van der Waals surface area (Å²) in [7, 11) is 0. The summed E-state index contributed by atoms with van der Waals surface area (Å²) in [5, 5.41) is 0. The van der Waals surface area contributed by atoms with E-state index in [-0.39, 0.29) is 6.29 Å². The predicted octanol–water partition coefficient (Wildman–Crippen LogP) is 2.92. The van der Waals surface area contributed by atoms with Crippen molar-refractivity contribution in [1.82, 2.24) is 0 Å². The molecule has 2 nitrogen and oxygen atoms in total. The van der Waals surface area contributed by atoms with Crippen molar-refractivity contribution in [2.24, 2.45) is 0 Å².